The van der Waals surface area contributed by atoms with Crippen molar-refractivity contribution < 1.29 is 9.59 Å². The second-order valence-corrected chi connectivity index (χ2v) is 5.04. The van der Waals surface area contributed by atoms with Gasteiger partial charge in [0.25, 0.3) is 0 Å². The Kier molecular flexibility index (Phi) is 4.13. The molecule has 1 unspecified atom stereocenters. The van der Waals surface area contributed by atoms with E-state index in [0.717, 1.165) is 12.8 Å². The summed E-state index contributed by atoms with van der Waals surface area (Å²) in [6, 6.07) is 9.18. The zero-order chi connectivity index (χ0) is 13.0. The summed E-state index contributed by atoms with van der Waals surface area (Å²) in [5.41, 5.74) is 0.683. The number of hydrogen-bond acceptors (Lipinski definition) is 2. The number of carbonyl (C=O) groups is 2. The van der Waals surface area contributed by atoms with E-state index in [-0.39, 0.29) is 18.2 Å². The van der Waals surface area contributed by atoms with Crippen molar-refractivity contribution in [1.29, 1.82) is 0 Å². The fourth-order valence-electron chi connectivity index (χ4n) is 2.23. The van der Waals surface area contributed by atoms with Gasteiger partial charge in [-0.2, -0.15) is 0 Å². The third kappa shape index (κ3) is 3.19. The summed E-state index contributed by atoms with van der Waals surface area (Å²) in [6.07, 6.45) is 2.51. The molecule has 1 atom stereocenters. The van der Waals surface area contributed by atoms with Crippen LogP contribution in [0.3, 0.4) is 0 Å². The van der Waals surface area contributed by atoms with Gasteiger partial charge in [-0.1, -0.05) is 37.3 Å². The van der Waals surface area contributed by atoms with Crippen molar-refractivity contribution in [2.45, 2.75) is 26.2 Å². The lowest BCUT2D eigenvalue weighted by atomic mass is 10.0. The lowest BCUT2D eigenvalue weighted by molar-refractivity contribution is -0.130. The largest absolute Gasteiger partial charge is 0.335 e. The Bertz CT molecular complexity index is 427. The van der Waals surface area contributed by atoms with Crippen LogP contribution in [0.15, 0.2) is 30.3 Å². The van der Waals surface area contributed by atoms with Gasteiger partial charge in [0.15, 0.2) is 5.78 Å². The van der Waals surface area contributed by atoms with Gasteiger partial charge in [-0.05, 0) is 18.8 Å². The number of benzene rings is 1. The van der Waals surface area contributed by atoms with Crippen LogP contribution in [0.4, 0.5) is 0 Å². The van der Waals surface area contributed by atoms with Crippen molar-refractivity contribution in [2.75, 3.05) is 13.1 Å². The van der Waals surface area contributed by atoms with Gasteiger partial charge in [-0.3, -0.25) is 9.59 Å². The quantitative estimate of drug-likeness (QED) is 0.767. The maximum absolute atomic E-state index is 12.1. The smallest absolute Gasteiger partial charge is 0.222 e. The van der Waals surface area contributed by atoms with E-state index in [0.29, 0.717) is 24.4 Å². The zero-order valence-corrected chi connectivity index (χ0v) is 10.8. The van der Waals surface area contributed by atoms with Crippen LogP contribution in [-0.2, 0) is 4.79 Å². The lowest BCUT2D eigenvalue weighted by Gasteiger charge is -2.19. The van der Waals surface area contributed by atoms with Crippen LogP contribution in [0.2, 0.25) is 0 Å². The standard InChI is InChI=1S/C15H19NO2/c1-12-7-8-15(18)16(10-9-12)11-14(17)13-5-3-2-4-6-13/h2-6,12H,7-11H2,1H3. The monoisotopic (exact) mass is 245 g/mol. The van der Waals surface area contributed by atoms with Crippen molar-refractivity contribution in [3.8, 4) is 0 Å². The topological polar surface area (TPSA) is 37.4 Å². The average Bonchev–Trinajstić information content (AvgIpc) is 2.55. The normalized spacial score (nSPS) is 20.6. The van der Waals surface area contributed by atoms with E-state index in [1.807, 2.05) is 18.2 Å². The Hall–Kier alpha value is -1.64. The molecule has 1 amide bonds. The first-order valence-corrected chi connectivity index (χ1v) is 6.53. The molecule has 0 aliphatic carbocycles. The van der Waals surface area contributed by atoms with Crippen molar-refractivity contribution >= 4 is 11.7 Å². The van der Waals surface area contributed by atoms with Crippen LogP contribution in [0.25, 0.3) is 0 Å². The first-order chi connectivity index (χ1) is 8.66. The number of Topliss-reactive ketones (excluding diaryl/α,β-unsaturated/α-hetero) is 1. The highest BCUT2D eigenvalue weighted by Gasteiger charge is 2.22. The minimum Gasteiger partial charge on any atom is -0.335 e. The summed E-state index contributed by atoms with van der Waals surface area (Å²) < 4.78 is 0. The molecule has 0 N–H and O–H groups in total. The van der Waals surface area contributed by atoms with Crippen LogP contribution in [0.1, 0.15) is 36.5 Å². The Morgan fingerprint density at radius 3 is 2.72 bits per heavy atom. The van der Waals surface area contributed by atoms with Crippen LogP contribution in [-0.4, -0.2) is 29.7 Å². The Balaban J connectivity index is 2.00. The lowest BCUT2D eigenvalue weighted by Crippen LogP contribution is -2.35. The molecule has 0 saturated carbocycles. The van der Waals surface area contributed by atoms with Gasteiger partial charge in [-0.15, -0.1) is 0 Å². The molecule has 0 aromatic heterocycles. The van der Waals surface area contributed by atoms with E-state index in [2.05, 4.69) is 6.92 Å². The van der Waals surface area contributed by atoms with Crippen LogP contribution < -0.4 is 0 Å². The van der Waals surface area contributed by atoms with Gasteiger partial charge in [0.05, 0.1) is 6.54 Å². The molecule has 2 rings (SSSR count). The second-order valence-electron chi connectivity index (χ2n) is 5.04. The first kappa shape index (κ1) is 12.8. The van der Waals surface area contributed by atoms with Gasteiger partial charge >= 0.3 is 0 Å². The van der Waals surface area contributed by atoms with Crippen molar-refractivity contribution in [1.82, 2.24) is 4.90 Å². The van der Waals surface area contributed by atoms with Crippen LogP contribution in [0.5, 0.6) is 0 Å². The summed E-state index contributed by atoms with van der Waals surface area (Å²) in [7, 11) is 0. The maximum atomic E-state index is 12.1. The summed E-state index contributed by atoms with van der Waals surface area (Å²) >= 11 is 0. The predicted octanol–water partition coefficient (Wildman–Crippen LogP) is 2.52. The first-order valence-electron chi connectivity index (χ1n) is 6.53. The van der Waals surface area contributed by atoms with Gasteiger partial charge in [0.2, 0.25) is 5.91 Å². The second kappa shape index (κ2) is 5.80. The minimum atomic E-state index is 0.0264. The highest BCUT2D eigenvalue weighted by Crippen LogP contribution is 2.17. The molecular formula is C15H19NO2. The Labute approximate surface area is 108 Å². The van der Waals surface area contributed by atoms with Gasteiger partial charge in [-0.25, -0.2) is 0 Å². The van der Waals surface area contributed by atoms with Crippen LogP contribution >= 0.6 is 0 Å². The fraction of sp³-hybridized carbons (Fsp3) is 0.467. The number of ketones is 1. The number of likely N-dealkylation sites (tertiary alicyclic amines) is 1. The molecule has 1 saturated heterocycles. The Morgan fingerprint density at radius 1 is 1.28 bits per heavy atom. The number of amides is 1. The molecule has 0 bridgehead atoms. The van der Waals surface area contributed by atoms with Gasteiger partial charge in [0.1, 0.15) is 0 Å². The third-order valence-electron chi connectivity index (χ3n) is 3.53. The molecule has 0 spiro atoms. The molecule has 1 aromatic carbocycles. The predicted molar refractivity (Wildman–Crippen MR) is 70.4 cm³/mol. The molecule has 3 heteroatoms. The average molecular weight is 245 g/mol. The van der Waals surface area contributed by atoms with Gasteiger partial charge < -0.3 is 4.90 Å². The molecule has 3 nitrogen and oxygen atoms in total. The molecule has 1 fully saturated rings. The summed E-state index contributed by atoms with van der Waals surface area (Å²) in [5.74, 6) is 0.716. The highest BCUT2D eigenvalue weighted by atomic mass is 16.2. The van der Waals surface area contributed by atoms with E-state index >= 15 is 0 Å². The fourth-order valence-corrected chi connectivity index (χ4v) is 2.23. The SMILES string of the molecule is CC1CCC(=O)N(CC(=O)c2ccccc2)CC1. The maximum Gasteiger partial charge on any atom is 0.222 e. The molecule has 18 heavy (non-hydrogen) atoms. The van der Waals surface area contributed by atoms with E-state index in [9.17, 15) is 9.59 Å². The van der Waals surface area contributed by atoms with E-state index in [1.165, 1.54) is 0 Å². The third-order valence-corrected chi connectivity index (χ3v) is 3.53. The molecule has 1 aliphatic rings. The van der Waals surface area contributed by atoms with E-state index in [4.69, 9.17) is 0 Å². The van der Waals surface area contributed by atoms with Gasteiger partial charge in [0, 0.05) is 18.5 Å². The number of hydrogen-bond donors (Lipinski definition) is 0. The number of nitrogens with zero attached hydrogens (tertiary/aromatic N) is 1. The summed E-state index contributed by atoms with van der Waals surface area (Å²) in [6.45, 7) is 3.09. The molecular weight excluding hydrogens is 226 g/mol. The number of carbonyl (C=O) groups excluding carboxylic acids is 2. The number of rotatable bonds is 3. The Morgan fingerprint density at radius 2 is 2.00 bits per heavy atom. The molecule has 1 heterocycles. The van der Waals surface area contributed by atoms with Crippen molar-refractivity contribution in [3.05, 3.63) is 35.9 Å². The van der Waals surface area contributed by atoms with Crippen molar-refractivity contribution in [2.24, 2.45) is 5.92 Å². The molecule has 1 aliphatic heterocycles. The molecule has 96 valence electrons. The van der Waals surface area contributed by atoms with E-state index in [1.54, 1.807) is 17.0 Å². The summed E-state index contributed by atoms with van der Waals surface area (Å²) in [5, 5.41) is 0. The summed E-state index contributed by atoms with van der Waals surface area (Å²) in [4.78, 5) is 25.7. The highest BCUT2D eigenvalue weighted by molar-refractivity contribution is 5.99. The van der Waals surface area contributed by atoms with E-state index < -0.39 is 0 Å². The van der Waals surface area contributed by atoms with Crippen LogP contribution in [0, 0.1) is 5.92 Å². The van der Waals surface area contributed by atoms with Crippen molar-refractivity contribution in [3.63, 3.8) is 0 Å². The molecule has 1 aromatic rings. The molecule has 0 radical (unpaired) electrons. The minimum absolute atomic E-state index is 0.0264. The zero-order valence-electron chi connectivity index (χ0n) is 10.8.